The molecule has 6 nitrogen and oxygen atoms in total. The molecule has 0 aromatic carbocycles. The van der Waals surface area contributed by atoms with E-state index in [2.05, 4.69) is 9.68 Å². The van der Waals surface area contributed by atoms with Crippen molar-refractivity contribution in [1.82, 2.24) is 10.2 Å². The first-order valence-electron chi connectivity index (χ1n) is 7.57. The molecule has 0 aromatic heterocycles. The van der Waals surface area contributed by atoms with Crippen molar-refractivity contribution in [3.63, 3.8) is 0 Å². The van der Waals surface area contributed by atoms with Crippen LogP contribution >= 0.6 is 0 Å². The standard InChI is InChI=1S/C14H27N3O3S/c1-14(2,3)20-13(18)17-7-5-11(9-17)16-21(19)8-6-12(10-21)15-4/h11-12,15H,5-10H2,1-4H3. The van der Waals surface area contributed by atoms with E-state index in [0.717, 1.165) is 12.8 Å². The molecule has 21 heavy (non-hydrogen) atoms. The normalized spacial score (nSPS) is 33.2. The molecule has 0 radical (unpaired) electrons. The van der Waals surface area contributed by atoms with Crippen molar-refractivity contribution in [3.05, 3.63) is 0 Å². The Bertz CT molecular complexity index is 506. The number of carbonyl (C=O) groups is 1. The fraction of sp³-hybridized carbons (Fsp3) is 0.929. The number of likely N-dealkylation sites (tertiary alicyclic amines) is 1. The van der Waals surface area contributed by atoms with Crippen LogP contribution in [0.2, 0.25) is 0 Å². The molecule has 2 rings (SSSR count). The number of carbonyl (C=O) groups excluding carboxylic acids is 1. The third kappa shape index (κ3) is 4.57. The molecule has 0 saturated carbocycles. The van der Waals surface area contributed by atoms with Crippen LogP contribution in [0.15, 0.2) is 4.36 Å². The van der Waals surface area contributed by atoms with Crippen molar-refractivity contribution >= 4 is 15.8 Å². The van der Waals surface area contributed by atoms with E-state index in [-0.39, 0.29) is 12.1 Å². The van der Waals surface area contributed by atoms with Crippen LogP contribution in [-0.2, 0) is 14.5 Å². The SMILES string of the molecule is CNC1CCS(=O)(=NC2CCN(C(=O)OC(C)(C)C)C2)C1. The molecule has 1 amide bonds. The smallest absolute Gasteiger partial charge is 0.410 e. The molecular formula is C14H27N3O3S. The second kappa shape index (κ2) is 6.12. The van der Waals surface area contributed by atoms with Gasteiger partial charge in [0, 0.05) is 40.4 Å². The minimum atomic E-state index is -2.10. The topological polar surface area (TPSA) is 71.0 Å². The van der Waals surface area contributed by atoms with Crippen LogP contribution in [0.5, 0.6) is 0 Å². The Morgan fingerprint density at radius 1 is 1.38 bits per heavy atom. The lowest BCUT2D eigenvalue weighted by Crippen LogP contribution is -2.35. The Morgan fingerprint density at radius 3 is 2.67 bits per heavy atom. The minimum absolute atomic E-state index is 0.0133. The van der Waals surface area contributed by atoms with Gasteiger partial charge in [-0.2, -0.15) is 0 Å². The van der Waals surface area contributed by atoms with Gasteiger partial charge in [0.15, 0.2) is 0 Å². The van der Waals surface area contributed by atoms with Crippen molar-refractivity contribution in [2.75, 3.05) is 31.6 Å². The Morgan fingerprint density at radius 2 is 2.10 bits per heavy atom. The molecule has 3 unspecified atom stereocenters. The van der Waals surface area contributed by atoms with Gasteiger partial charge in [-0.25, -0.2) is 13.4 Å². The van der Waals surface area contributed by atoms with E-state index in [1.54, 1.807) is 4.90 Å². The molecular weight excluding hydrogens is 290 g/mol. The van der Waals surface area contributed by atoms with Crippen LogP contribution in [0.1, 0.15) is 33.6 Å². The zero-order valence-electron chi connectivity index (χ0n) is 13.4. The first-order chi connectivity index (χ1) is 9.71. The molecule has 2 aliphatic heterocycles. The summed E-state index contributed by atoms with van der Waals surface area (Å²) in [6.45, 7) is 6.73. The van der Waals surface area contributed by atoms with Gasteiger partial charge in [-0.3, -0.25) is 0 Å². The second-order valence-electron chi connectivity index (χ2n) is 6.89. The van der Waals surface area contributed by atoms with Crippen LogP contribution in [0.25, 0.3) is 0 Å². The lowest BCUT2D eigenvalue weighted by atomic mass is 10.2. The van der Waals surface area contributed by atoms with E-state index in [4.69, 9.17) is 4.74 Å². The van der Waals surface area contributed by atoms with Crippen LogP contribution in [0.4, 0.5) is 4.79 Å². The molecule has 0 aliphatic carbocycles. The lowest BCUT2D eigenvalue weighted by Gasteiger charge is -2.24. The van der Waals surface area contributed by atoms with Gasteiger partial charge in [0.05, 0.1) is 6.04 Å². The fourth-order valence-corrected chi connectivity index (χ4v) is 5.41. The number of amides is 1. The molecule has 0 bridgehead atoms. The molecule has 2 aliphatic rings. The van der Waals surface area contributed by atoms with Crippen LogP contribution in [0, 0.1) is 0 Å². The third-order valence-electron chi connectivity index (χ3n) is 3.81. The van der Waals surface area contributed by atoms with Crippen LogP contribution in [0.3, 0.4) is 0 Å². The van der Waals surface area contributed by atoms with Crippen molar-refractivity contribution in [2.45, 2.75) is 51.3 Å². The summed E-state index contributed by atoms with van der Waals surface area (Å²) in [4.78, 5) is 13.7. The van der Waals surface area contributed by atoms with E-state index in [9.17, 15) is 9.00 Å². The first kappa shape index (κ1) is 16.5. The summed E-state index contributed by atoms with van der Waals surface area (Å²) < 4.78 is 22.6. The van der Waals surface area contributed by atoms with Gasteiger partial charge in [0.2, 0.25) is 0 Å². The maximum absolute atomic E-state index is 12.7. The molecule has 1 N–H and O–H groups in total. The molecule has 2 fully saturated rings. The summed E-state index contributed by atoms with van der Waals surface area (Å²) in [6, 6.07) is 0.297. The molecule has 7 heteroatoms. The van der Waals surface area contributed by atoms with Crippen molar-refractivity contribution in [2.24, 2.45) is 4.36 Å². The maximum Gasteiger partial charge on any atom is 0.410 e. The quantitative estimate of drug-likeness (QED) is 0.837. The van der Waals surface area contributed by atoms with Gasteiger partial charge in [-0.1, -0.05) is 0 Å². The molecule has 0 spiro atoms. The minimum Gasteiger partial charge on any atom is -0.444 e. The fourth-order valence-electron chi connectivity index (χ4n) is 2.72. The molecule has 2 heterocycles. The number of nitrogens with one attached hydrogen (secondary N) is 1. The predicted molar refractivity (Wildman–Crippen MR) is 84.0 cm³/mol. The second-order valence-corrected chi connectivity index (χ2v) is 9.39. The highest BCUT2D eigenvalue weighted by Gasteiger charge is 2.32. The van der Waals surface area contributed by atoms with Crippen LogP contribution in [-0.4, -0.2) is 64.5 Å². The van der Waals surface area contributed by atoms with Crippen molar-refractivity contribution in [1.29, 1.82) is 0 Å². The van der Waals surface area contributed by atoms with E-state index in [1.807, 2.05) is 27.8 Å². The molecule has 0 aromatic rings. The average Bonchev–Trinajstić information content (AvgIpc) is 2.94. The summed E-state index contributed by atoms with van der Waals surface area (Å²) in [5.41, 5.74) is -0.483. The summed E-state index contributed by atoms with van der Waals surface area (Å²) >= 11 is 0. The zero-order chi connectivity index (χ0) is 15.7. The Labute approximate surface area is 127 Å². The van der Waals surface area contributed by atoms with Gasteiger partial charge in [-0.15, -0.1) is 0 Å². The third-order valence-corrected chi connectivity index (χ3v) is 6.29. The van der Waals surface area contributed by atoms with E-state index in [0.29, 0.717) is 30.6 Å². The van der Waals surface area contributed by atoms with Gasteiger partial charge in [0.1, 0.15) is 5.60 Å². The predicted octanol–water partition coefficient (Wildman–Crippen LogP) is 1.46. The van der Waals surface area contributed by atoms with Crippen molar-refractivity contribution < 1.29 is 13.7 Å². The Balaban J connectivity index is 1.94. The number of hydrogen-bond donors (Lipinski definition) is 1. The Hall–Kier alpha value is -0.820. The highest BCUT2D eigenvalue weighted by atomic mass is 32.2. The highest BCUT2D eigenvalue weighted by molar-refractivity contribution is 7.93. The van der Waals surface area contributed by atoms with Gasteiger partial charge < -0.3 is 15.0 Å². The molecule has 2 saturated heterocycles. The summed E-state index contributed by atoms with van der Waals surface area (Å²) in [5.74, 6) is 1.30. The maximum atomic E-state index is 12.7. The van der Waals surface area contributed by atoms with Crippen molar-refractivity contribution in [3.8, 4) is 0 Å². The highest BCUT2D eigenvalue weighted by Crippen LogP contribution is 2.21. The average molecular weight is 317 g/mol. The monoisotopic (exact) mass is 317 g/mol. The van der Waals surface area contributed by atoms with Gasteiger partial charge >= 0.3 is 6.09 Å². The zero-order valence-corrected chi connectivity index (χ0v) is 14.2. The summed E-state index contributed by atoms with van der Waals surface area (Å²) in [5, 5.41) is 3.17. The number of hydrogen-bond acceptors (Lipinski definition) is 5. The van der Waals surface area contributed by atoms with Gasteiger partial charge in [0.25, 0.3) is 0 Å². The largest absolute Gasteiger partial charge is 0.444 e. The number of nitrogens with zero attached hydrogens (tertiary/aromatic N) is 2. The summed E-state index contributed by atoms with van der Waals surface area (Å²) in [7, 11) is -0.201. The van der Waals surface area contributed by atoms with E-state index in [1.165, 1.54) is 0 Å². The molecule has 3 atom stereocenters. The number of ether oxygens (including phenoxy) is 1. The number of rotatable bonds is 2. The summed E-state index contributed by atoms with van der Waals surface area (Å²) in [6.07, 6.45) is 1.40. The molecule has 122 valence electrons. The van der Waals surface area contributed by atoms with Gasteiger partial charge in [-0.05, 0) is 40.7 Å². The first-order valence-corrected chi connectivity index (χ1v) is 9.43. The Kier molecular flexibility index (Phi) is 4.82. The van der Waals surface area contributed by atoms with E-state index < -0.39 is 15.3 Å². The van der Waals surface area contributed by atoms with Crippen LogP contribution < -0.4 is 5.32 Å². The van der Waals surface area contributed by atoms with E-state index >= 15 is 0 Å². The lowest BCUT2D eigenvalue weighted by molar-refractivity contribution is 0.0293.